The fraction of sp³-hybridized carbons (Fsp3) is 0.583. The van der Waals surface area contributed by atoms with Crippen LogP contribution in [-0.2, 0) is 0 Å². The van der Waals surface area contributed by atoms with E-state index in [2.05, 4.69) is 4.90 Å². The summed E-state index contributed by atoms with van der Waals surface area (Å²) in [7, 11) is 0. The highest BCUT2D eigenvalue weighted by atomic mass is 32.1. The van der Waals surface area contributed by atoms with Gasteiger partial charge in [-0.05, 0) is 19.8 Å². The number of nitriles is 1. The first-order chi connectivity index (χ1) is 8.19. The van der Waals surface area contributed by atoms with Gasteiger partial charge in [0, 0.05) is 30.6 Å². The van der Waals surface area contributed by atoms with E-state index in [9.17, 15) is 4.39 Å². The van der Waals surface area contributed by atoms with Gasteiger partial charge in [0.2, 0.25) is 0 Å². The molecule has 0 aliphatic heterocycles. The normalized spacial score (nSPS) is 17.1. The second-order valence-corrected chi connectivity index (χ2v) is 5.28. The zero-order chi connectivity index (χ0) is 12.4. The van der Waals surface area contributed by atoms with Crippen LogP contribution >= 0.6 is 11.3 Å². The summed E-state index contributed by atoms with van der Waals surface area (Å²) in [6, 6.07) is 2.43. The lowest BCUT2D eigenvalue weighted by Crippen LogP contribution is -2.33. The first-order valence-electron chi connectivity index (χ1n) is 5.81. The standard InChI is InChI=1S/C12H16FN3S/c1-8(16(5-4-14)10-2-3-10)12-11(13)9(6-15)7-17-12/h7-8,10H,2-5,14H2,1H3. The highest BCUT2D eigenvalue weighted by Crippen LogP contribution is 2.37. The first kappa shape index (κ1) is 12.5. The molecule has 0 bridgehead atoms. The maximum atomic E-state index is 13.9. The van der Waals surface area contributed by atoms with E-state index in [4.69, 9.17) is 11.0 Å². The van der Waals surface area contributed by atoms with E-state index in [0.717, 1.165) is 6.54 Å². The van der Waals surface area contributed by atoms with E-state index in [-0.39, 0.29) is 17.4 Å². The maximum Gasteiger partial charge on any atom is 0.156 e. The van der Waals surface area contributed by atoms with E-state index in [1.54, 1.807) is 5.38 Å². The molecule has 17 heavy (non-hydrogen) atoms. The van der Waals surface area contributed by atoms with Crippen molar-refractivity contribution in [2.75, 3.05) is 13.1 Å². The molecule has 1 aliphatic carbocycles. The van der Waals surface area contributed by atoms with Crippen molar-refractivity contribution in [3.8, 4) is 6.07 Å². The summed E-state index contributed by atoms with van der Waals surface area (Å²) >= 11 is 1.33. The maximum absolute atomic E-state index is 13.9. The number of halogens is 1. The van der Waals surface area contributed by atoms with Crippen molar-refractivity contribution in [2.24, 2.45) is 5.73 Å². The van der Waals surface area contributed by atoms with E-state index in [1.807, 2.05) is 13.0 Å². The van der Waals surface area contributed by atoms with Crippen LogP contribution in [0.3, 0.4) is 0 Å². The molecule has 1 fully saturated rings. The van der Waals surface area contributed by atoms with Crippen molar-refractivity contribution >= 4 is 11.3 Å². The Morgan fingerprint density at radius 1 is 1.71 bits per heavy atom. The molecule has 2 rings (SSSR count). The molecule has 1 aliphatic rings. The van der Waals surface area contributed by atoms with Gasteiger partial charge in [0.05, 0.1) is 10.4 Å². The molecule has 1 aromatic heterocycles. The van der Waals surface area contributed by atoms with E-state index in [0.29, 0.717) is 17.5 Å². The number of hydrogen-bond acceptors (Lipinski definition) is 4. The highest BCUT2D eigenvalue weighted by molar-refractivity contribution is 7.10. The zero-order valence-electron chi connectivity index (χ0n) is 9.82. The van der Waals surface area contributed by atoms with Gasteiger partial charge < -0.3 is 5.73 Å². The molecule has 5 heteroatoms. The van der Waals surface area contributed by atoms with E-state index >= 15 is 0 Å². The molecule has 92 valence electrons. The summed E-state index contributed by atoms with van der Waals surface area (Å²) in [5.74, 6) is -0.354. The summed E-state index contributed by atoms with van der Waals surface area (Å²) in [5, 5.41) is 10.4. The van der Waals surface area contributed by atoms with Gasteiger partial charge in [-0.2, -0.15) is 5.26 Å². The third-order valence-electron chi connectivity index (χ3n) is 3.16. The van der Waals surface area contributed by atoms with Crippen LogP contribution in [0, 0.1) is 17.1 Å². The van der Waals surface area contributed by atoms with Gasteiger partial charge in [0.15, 0.2) is 5.82 Å². The van der Waals surface area contributed by atoms with E-state index in [1.165, 1.54) is 24.2 Å². The molecular formula is C12H16FN3S. The molecule has 0 aromatic carbocycles. The number of hydrogen-bond donors (Lipinski definition) is 1. The summed E-state index contributed by atoms with van der Waals surface area (Å²) in [4.78, 5) is 2.90. The number of rotatable bonds is 5. The molecular weight excluding hydrogens is 237 g/mol. The third kappa shape index (κ3) is 2.49. The van der Waals surface area contributed by atoms with Crippen molar-refractivity contribution < 1.29 is 4.39 Å². The minimum atomic E-state index is -0.354. The van der Waals surface area contributed by atoms with Crippen LogP contribution in [0.15, 0.2) is 5.38 Å². The molecule has 0 amide bonds. The highest BCUT2D eigenvalue weighted by Gasteiger charge is 2.34. The molecule has 3 nitrogen and oxygen atoms in total. The van der Waals surface area contributed by atoms with Crippen molar-refractivity contribution in [1.29, 1.82) is 5.26 Å². The fourth-order valence-electron chi connectivity index (χ4n) is 2.11. The lowest BCUT2D eigenvalue weighted by Gasteiger charge is -2.27. The number of thiophene rings is 1. The van der Waals surface area contributed by atoms with Crippen LogP contribution < -0.4 is 5.73 Å². The zero-order valence-corrected chi connectivity index (χ0v) is 10.6. The molecule has 1 atom stereocenters. The van der Waals surface area contributed by atoms with Gasteiger partial charge in [-0.1, -0.05) is 0 Å². The largest absolute Gasteiger partial charge is 0.329 e. The SMILES string of the molecule is CC(c1scc(C#N)c1F)N(CCN)C1CC1. The van der Waals surface area contributed by atoms with Crippen LogP contribution in [-0.4, -0.2) is 24.0 Å². The van der Waals surface area contributed by atoms with Crippen molar-refractivity contribution in [3.63, 3.8) is 0 Å². The van der Waals surface area contributed by atoms with Gasteiger partial charge >= 0.3 is 0 Å². The Balaban J connectivity index is 2.19. The molecule has 0 radical (unpaired) electrons. The van der Waals surface area contributed by atoms with Gasteiger partial charge in [0.1, 0.15) is 6.07 Å². The summed E-state index contributed by atoms with van der Waals surface area (Å²) in [5.41, 5.74) is 5.75. The molecule has 1 aromatic rings. The Morgan fingerprint density at radius 3 is 2.88 bits per heavy atom. The predicted molar refractivity (Wildman–Crippen MR) is 66.2 cm³/mol. The monoisotopic (exact) mass is 253 g/mol. The Kier molecular flexibility index (Phi) is 3.77. The van der Waals surface area contributed by atoms with Crippen LogP contribution in [0.2, 0.25) is 0 Å². The predicted octanol–water partition coefficient (Wildman–Crippen LogP) is 2.24. The van der Waals surface area contributed by atoms with Gasteiger partial charge in [-0.25, -0.2) is 4.39 Å². The first-order valence-corrected chi connectivity index (χ1v) is 6.69. The van der Waals surface area contributed by atoms with E-state index < -0.39 is 0 Å². The smallest absolute Gasteiger partial charge is 0.156 e. The Bertz CT molecular complexity index is 433. The molecule has 2 N–H and O–H groups in total. The Labute approximate surface area is 105 Å². The lowest BCUT2D eigenvalue weighted by molar-refractivity contribution is 0.205. The van der Waals surface area contributed by atoms with Gasteiger partial charge in [0.25, 0.3) is 0 Å². The average molecular weight is 253 g/mol. The van der Waals surface area contributed by atoms with Crippen LogP contribution in [0.4, 0.5) is 4.39 Å². The molecule has 1 unspecified atom stereocenters. The third-order valence-corrected chi connectivity index (χ3v) is 4.28. The fourth-order valence-corrected chi connectivity index (χ4v) is 3.06. The quantitative estimate of drug-likeness (QED) is 0.875. The average Bonchev–Trinajstić information content (AvgIpc) is 3.09. The second-order valence-electron chi connectivity index (χ2n) is 4.37. The summed E-state index contributed by atoms with van der Waals surface area (Å²) < 4.78 is 13.9. The summed E-state index contributed by atoms with van der Waals surface area (Å²) in [6.07, 6.45) is 2.34. The number of nitrogens with zero attached hydrogens (tertiary/aromatic N) is 2. The lowest BCUT2D eigenvalue weighted by atomic mass is 10.2. The van der Waals surface area contributed by atoms with Gasteiger partial charge in [-0.15, -0.1) is 11.3 Å². The van der Waals surface area contributed by atoms with Crippen molar-refractivity contribution in [3.05, 3.63) is 21.6 Å². The van der Waals surface area contributed by atoms with Crippen LogP contribution in [0.5, 0.6) is 0 Å². The molecule has 1 saturated carbocycles. The minimum absolute atomic E-state index is 0.0122. The van der Waals surface area contributed by atoms with Crippen molar-refractivity contribution in [2.45, 2.75) is 31.8 Å². The topological polar surface area (TPSA) is 53.0 Å². The van der Waals surface area contributed by atoms with Crippen molar-refractivity contribution in [1.82, 2.24) is 4.90 Å². The molecule has 1 heterocycles. The minimum Gasteiger partial charge on any atom is -0.329 e. The van der Waals surface area contributed by atoms with Crippen LogP contribution in [0.1, 0.15) is 36.2 Å². The summed E-state index contributed by atoms with van der Waals surface area (Å²) in [6.45, 7) is 3.36. The van der Waals surface area contributed by atoms with Crippen LogP contribution in [0.25, 0.3) is 0 Å². The second kappa shape index (κ2) is 5.13. The molecule has 0 saturated heterocycles. The Morgan fingerprint density at radius 2 is 2.41 bits per heavy atom. The molecule has 0 spiro atoms. The number of nitrogens with two attached hydrogens (primary N) is 1. The van der Waals surface area contributed by atoms with Gasteiger partial charge in [-0.3, -0.25) is 4.90 Å². The Hall–Kier alpha value is -0.960.